The molecule has 1 aliphatic rings. The third-order valence-electron chi connectivity index (χ3n) is 5.90. The van der Waals surface area contributed by atoms with Gasteiger partial charge in [0.05, 0.1) is 0 Å². The maximum absolute atomic E-state index is 13.6. The van der Waals surface area contributed by atoms with Crippen LogP contribution in [0.5, 0.6) is 0 Å². The van der Waals surface area contributed by atoms with Crippen molar-refractivity contribution in [1.29, 1.82) is 0 Å². The molecule has 0 spiro atoms. The molecule has 0 radical (unpaired) electrons. The molecule has 0 unspecified atom stereocenters. The van der Waals surface area contributed by atoms with E-state index in [1.165, 1.54) is 11.6 Å². The Labute approximate surface area is 184 Å². The molecule has 2 amide bonds. The van der Waals surface area contributed by atoms with E-state index in [0.717, 1.165) is 11.1 Å². The van der Waals surface area contributed by atoms with Crippen LogP contribution in [0.3, 0.4) is 0 Å². The summed E-state index contributed by atoms with van der Waals surface area (Å²) < 4.78 is 13.6. The summed E-state index contributed by atoms with van der Waals surface area (Å²) in [5.41, 5.74) is 3.61. The van der Waals surface area contributed by atoms with Crippen molar-refractivity contribution in [2.75, 3.05) is 13.1 Å². The van der Waals surface area contributed by atoms with E-state index >= 15 is 0 Å². The molecule has 1 aliphatic heterocycles. The minimum absolute atomic E-state index is 0.0260. The highest BCUT2D eigenvalue weighted by molar-refractivity contribution is 5.92. The number of rotatable bonds is 6. The van der Waals surface area contributed by atoms with Crippen LogP contribution < -0.4 is 5.32 Å². The Morgan fingerprint density at radius 1 is 1.13 bits per heavy atom. The number of hydrogen-bond donors (Lipinski definition) is 1. The van der Waals surface area contributed by atoms with E-state index in [1.807, 2.05) is 24.3 Å². The van der Waals surface area contributed by atoms with Crippen molar-refractivity contribution in [3.63, 3.8) is 0 Å². The second kappa shape index (κ2) is 10.4. The van der Waals surface area contributed by atoms with E-state index < -0.39 is 0 Å². The molecule has 164 valence electrons. The number of carbonyl (C=O) groups is 2. The van der Waals surface area contributed by atoms with E-state index in [1.54, 1.807) is 24.0 Å². The zero-order chi connectivity index (χ0) is 22.4. The number of nitrogens with one attached hydrogen (secondary N) is 1. The van der Waals surface area contributed by atoms with Crippen molar-refractivity contribution in [2.24, 2.45) is 5.92 Å². The van der Waals surface area contributed by atoms with Crippen LogP contribution in [-0.2, 0) is 16.1 Å². The first-order valence-electron chi connectivity index (χ1n) is 10.9. The minimum Gasteiger partial charge on any atom is -0.352 e. The summed E-state index contributed by atoms with van der Waals surface area (Å²) in [7, 11) is 0. The first-order chi connectivity index (χ1) is 14.8. The molecule has 0 bridgehead atoms. The molecule has 0 saturated carbocycles. The second-order valence-corrected chi connectivity index (χ2v) is 8.56. The summed E-state index contributed by atoms with van der Waals surface area (Å²) in [6, 6.07) is 13.2. The molecule has 0 atom stereocenters. The predicted molar refractivity (Wildman–Crippen MR) is 122 cm³/mol. The smallest absolute Gasteiger partial charge is 0.246 e. The van der Waals surface area contributed by atoms with Gasteiger partial charge >= 0.3 is 0 Å². The summed E-state index contributed by atoms with van der Waals surface area (Å²) in [6.07, 6.45) is 4.72. The molecule has 1 heterocycles. The topological polar surface area (TPSA) is 49.4 Å². The molecular weight excluding hydrogens is 391 g/mol. The van der Waals surface area contributed by atoms with Gasteiger partial charge in [0.15, 0.2) is 0 Å². The standard InChI is InChI=1S/C26H31FN2O2/c1-18(2)22-9-6-20(7-10-22)8-11-25(30)29-14-12-23(13-15-29)26(31)28-17-21-5-4-19(3)24(27)16-21/h4-11,16,18,23H,12-15,17H2,1-3H3,(H,28,31). The van der Waals surface area contributed by atoms with Crippen LogP contribution in [0.4, 0.5) is 4.39 Å². The highest BCUT2D eigenvalue weighted by atomic mass is 19.1. The van der Waals surface area contributed by atoms with E-state index in [-0.39, 0.29) is 23.5 Å². The number of carbonyl (C=O) groups excluding carboxylic acids is 2. The van der Waals surface area contributed by atoms with Crippen LogP contribution >= 0.6 is 0 Å². The van der Waals surface area contributed by atoms with Crippen LogP contribution in [0.1, 0.15) is 54.9 Å². The monoisotopic (exact) mass is 422 g/mol. The Kier molecular flexibility index (Phi) is 7.61. The highest BCUT2D eigenvalue weighted by Crippen LogP contribution is 2.19. The van der Waals surface area contributed by atoms with Gasteiger partial charge in [-0.05, 0) is 60.1 Å². The van der Waals surface area contributed by atoms with E-state index in [9.17, 15) is 14.0 Å². The average Bonchev–Trinajstić information content (AvgIpc) is 2.78. The van der Waals surface area contributed by atoms with Crippen molar-refractivity contribution < 1.29 is 14.0 Å². The van der Waals surface area contributed by atoms with Gasteiger partial charge in [0, 0.05) is 31.6 Å². The highest BCUT2D eigenvalue weighted by Gasteiger charge is 2.26. The summed E-state index contributed by atoms with van der Waals surface area (Å²) in [5, 5.41) is 2.90. The van der Waals surface area contributed by atoms with Crippen molar-refractivity contribution >= 4 is 17.9 Å². The fraction of sp³-hybridized carbons (Fsp3) is 0.385. The number of likely N-dealkylation sites (tertiary alicyclic amines) is 1. The van der Waals surface area contributed by atoms with Crippen molar-refractivity contribution in [1.82, 2.24) is 10.2 Å². The van der Waals surface area contributed by atoms with Crippen LogP contribution in [0.25, 0.3) is 6.08 Å². The lowest BCUT2D eigenvalue weighted by Crippen LogP contribution is -2.42. The summed E-state index contributed by atoms with van der Waals surface area (Å²) in [5.74, 6) is 0.0430. The van der Waals surface area contributed by atoms with E-state index in [2.05, 4.69) is 31.3 Å². The molecule has 3 rings (SSSR count). The predicted octanol–water partition coefficient (Wildman–Crippen LogP) is 4.83. The number of halogens is 1. The summed E-state index contributed by atoms with van der Waals surface area (Å²) in [6.45, 7) is 7.46. The molecule has 2 aromatic rings. The van der Waals surface area contributed by atoms with Gasteiger partial charge in [-0.25, -0.2) is 4.39 Å². The fourth-order valence-corrected chi connectivity index (χ4v) is 3.71. The first-order valence-corrected chi connectivity index (χ1v) is 10.9. The van der Waals surface area contributed by atoms with E-state index in [0.29, 0.717) is 44.0 Å². The molecule has 31 heavy (non-hydrogen) atoms. The molecule has 0 aliphatic carbocycles. The SMILES string of the molecule is Cc1ccc(CNC(=O)C2CCN(C(=O)C=Cc3ccc(C(C)C)cc3)CC2)cc1F. The van der Waals surface area contributed by atoms with Gasteiger partial charge in [0.25, 0.3) is 0 Å². The Bertz CT molecular complexity index is 942. The van der Waals surface area contributed by atoms with Gasteiger partial charge in [-0.3, -0.25) is 9.59 Å². The van der Waals surface area contributed by atoms with Gasteiger partial charge in [-0.15, -0.1) is 0 Å². The number of aryl methyl sites for hydroxylation is 1. The van der Waals surface area contributed by atoms with Crippen LogP contribution in [0, 0.1) is 18.7 Å². The first kappa shape index (κ1) is 22.7. The third-order valence-corrected chi connectivity index (χ3v) is 5.90. The third kappa shape index (κ3) is 6.27. The van der Waals surface area contributed by atoms with Crippen molar-refractivity contribution in [3.05, 3.63) is 76.6 Å². The quantitative estimate of drug-likeness (QED) is 0.678. The van der Waals surface area contributed by atoms with Gasteiger partial charge in [0.2, 0.25) is 11.8 Å². The summed E-state index contributed by atoms with van der Waals surface area (Å²) in [4.78, 5) is 26.7. The molecule has 0 aromatic heterocycles. The largest absolute Gasteiger partial charge is 0.352 e. The van der Waals surface area contributed by atoms with E-state index in [4.69, 9.17) is 0 Å². The molecule has 1 fully saturated rings. The van der Waals surface area contributed by atoms with Gasteiger partial charge in [0.1, 0.15) is 5.82 Å². The Hall–Kier alpha value is -2.95. The second-order valence-electron chi connectivity index (χ2n) is 8.56. The zero-order valence-electron chi connectivity index (χ0n) is 18.5. The maximum Gasteiger partial charge on any atom is 0.246 e. The summed E-state index contributed by atoms with van der Waals surface area (Å²) >= 11 is 0. The fourth-order valence-electron chi connectivity index (χ4n) is 3.71. The lowest BCUT2D eigenvalue weighted by molar-refractivity contribution is -0.132. The molecule has 4 nitrogen and oxygen atoms in total. The molecule has 5 heteroatoms. The van der Waals surface area contributed by atoms with Crippen LogP contribution in [0.2, 0.25) is 0 Å². The number of hydrogen-bond acceptors (Lipinski definition) is 2. The maximum atomic E-state index is 13.6. The van der Waals surface area contributed by atoms with Gasteiger partial charge in [-0.1, -0.05) is 50.2 Å². The Balaban J connectivity index is 1.45. The van der Waals surface area contributed by atoms with Crippen LogP contribution in [-0.4, -0.2) is 29.8 Å². The number of nitrogens with zero attached hydrogens (tertiary/aromatic N) is 1. The number of benzene rings is 2. The normalized spacial score (nSPS) is 14.9. The molecule has 1 saturated heterocycles. The van der Waals surface area contributed by atoms with Gasteiger partial charge < -0.3 is 10.2 Å². The minimum atomic E-state index is -0.262. The van der Waals surface area contributed by atoms with Crippen molar-refractivity contribution in [3.8, 4) is 0 Å². The molecule has 2 aromatic carbocycles. The molecule has 1 N–H and O–H groups in total. The molecular formula is C26H31FN2O2. The number of amides is 2. The Morgan fingerprint density at radius 3 is 2.42 bits per heavy atom. The average molecular weight is 423 g/mol. The zero-order valence-corrected chi connectivity index (χ0v) is 18.5. The number of piperidine rings is 1. The lowest BCUT2D eigenvalue weighted by Gasteiger charge is -2.30. The van der Waals surface area contributed by atoms with Crippen molar-refractivity contribution in [2.45, 2.75) is 46.1 Å². The lowest BCUT2D eigenvalue weighted by atomic mass is 9.95. The van der Waals surface area contributed by atoms with Gasteiger partial charge in [-0.2, -0.15) is 0 Å². The Morgan fingerprint density at radius 2 is 1.81 bits per heavy atom. The van der Waals surface area contributed by atoms with Crippen LogP contribution in [0.15, 0.2) is 48.5 Å².